The Labute approximate surface area is 136 Å². The summed E-state index contributed by atoms with van der Waals surface area (Å²) < 4.78 is 0.975. The van der Waals surface area contributed by atoms with Crippen LogP contribution in [0.2, 0.25) is 0 Å². The lowest BCUT2D eigenvalue weighted by atomic mass is 10.00. The Bertz CT molecular complexity index is 601. The molecule has 0 aliphatic heterocycles. The van der Waals surface area contributed by atoms with Crippen molar-refractivity contribution in [2.45, 2.75) is 23.6 Å². The second-order valence-electron chi connectivity index (χ2n) is 4.58. The number of carbonyl (C=O) groups excluding carboxylic acids is 1. The van der Waals surface area contributed by atoms with Gasteiger partial charge in [0.05, 0.1) is 10.9 Å². The number of rotatable bonds is 5. The molecule has 4 nitrogen and oxygen atoms in total. The van der Waals surface area contributed by atoms with E-state index in [-0.39, 0.29) is 11.8 Å². The predicted molar refractivity (Wildman–Crippen MR) is 88.7 cm³/mol. The zero-order valence-electron chi connectivity index (χ0n) is 11.5. The minimum Gasteiger partial charge on any atom is -0.294 e. The second kappa shape index (κ2) is 7.59. The van der Waals surface area contributed by atoms with Crippen LogP contribution in [0, 0.1) is 0 Å². The van der Waals surface area contributed by atoms with Crippen LogP contribution in [0.1, 0.15) is 24.0 Å². The van der Waals surface area contributed by atoms with Crippen molar-refractivity contribution in [3.05, 3.63) is 58.2 Å². The highest BCUT2D eigenvalue weighted by atomic mass is 79.9. The minimum atomic E-state index is -0.246. The van der Waals surface area contributed by atoms with Crippen LogP contribution < -0.4 is 11.3 Å². The molecule has 0 spiro atoms. The number of nitrogens with one attached hydrogen (secondary N) is 1. The van der Waals surface area contributed by atoms with E-state index in [1.165, 1.54) is 5.56 Å². The summed E-state index contributed by atoms with van der Waals surface area (Å²) in [6.45, 7) is 1.83. The maximum atomic E-state index is 11.5. The lowest BCUT2D eigenvalue weighted by molar-refractivity contribution is -0.122. The topological polar surface area (TPSA) is 68.0 Å². The van der Waals surface area contributed by atoms with Gasteiger partial charge >= 0.3 is 0 Å². The Balaban J connectivity index is 1.96. The van der Waals surface area contributed by atoms with Gasteiger partial charge in [-0.1, -0.05) is 24.3 Å². The zero-order valence-corrected chi connectivity index (χ0v) is 13.9. The summed E-state index contributed by atoms with van der Waals surface area (Å²) in [7, 11) is 0. The number of nitrogens with two attached hydrogens (primary N) is 1. The molecular weight excluding hydrogens is 350 g/mol. The first-order chi connectivity index (χ1) is 10.1. The molecule has 1 amide bonds. The highest BCUT2D eigenvalue weighted by Gasteiger charge is 2.13. The summed E-state index contributed by atoms with van der Waals surface area (Å²) in [5, 5.41) is 0.984. The Morgan fingerprint density at radius 2 is 2.05 bits per heavy atom. The number of hydrogen-bond acceptors (Lipinski definition) is 4. The van der Waals surface area contributed by atoms with E-state index in [1.54, 1.807) is 18.0 Å². The van der Waals surface area contributed by atoms with Crippen molar-refractivity contribution >= 4 is 33.6 Å². The molecule has 0 bridgehead atoms. The van der Waals surface area contributed by atoms with Gasteiger partial charge in [0.2, 0.25) is 5.91 Å². The summed E-state index contributed by atoms with van der Waals surface area (Å²) in [6, 6.07) is 11.9. The van der Waals surface area contributed by atoms with E-state index >= 15 is 0 Å². The number of amides is 1. The zero-order chi connectivity index (χ0) is 15.2. The van der Waals surface area contributed by atoms with Crippen LogP contribution >= 0.6 is 27.7 Å². The molecule has 1 atom stereocenters. The molecular formula is C15H16BrN3OS. The van der Waals surface area contributed by atoms with Gasteiger partial charge in [0.1, 0.15) is 0 Å². The number of halogens is 1. The summed E-state index contributed by atoms with van der Waals surface area (Å²) in [6.07, 6.45) is 1.79. The first kappa shape index (κ1) is 16.0. The number of nitrogens with zero attached hydrogens (tertiary/aromatic N) is 1. The number of benzene rings is 1. The van der Waals surface area contributed by atoms with Crippen molar-refractivity contribution in [2.75, 3.05) is 0 Å². The SMILES string of the molecule is CC(C(=O)NN)c1ccc(CSc2ccc(Br)cn2)cc1. The number of pyridine rings is 1. The molecule has 0 saturated carbocycles. The molecule has 0 fully saturated rings. The first-order valence-corrected chi connectivity index (χ1v) is 8.21. The van der Waals surface area contributed by atoms with Gasteiger partial charge in [-0.3, -0.25) is 10.2 Å². The van der Waals surface area contributed by atoms with Crippen molar-refractivity contribution in [1.29, 1.82) is 0 Å². The van der Waals surface area contributed by atoms with E-state index < -0.39 is 0 Å². The predicted octanol–water partition coefficient (Wildman–Crippen LogP) is 3.23. The molecule has 3 N–H and O–H groups in total. The lowest BCUT2D eigenvalue weighted by Gasteiger charge is -2.10. The summed E-state index contributed by atoms with van der Waals surface area (Å²) in [4.78, 5) is 15.8. The number of hydrazine groups is 1. The Hall–Kier alpha value is -1.37. The molecule has 1 aromatic heterocycles. The summed E-state index contributed by atoms with van der Waals surface area (Å²) >= 11 is 5.04. The summed E-state index contributed by atoms with van der Waals surface area (Å²) in [5.74, 6) is 5.56. The molecule has 2 rings (SSSR count). The molecule has 21 heavy (non-hydrogen) atoms. The molecule has 2 aromatic rings. The smallest absolute Gasteiger partial charge is 0.241 e. The van der Waals surface area contributed by atoms with E-state index in [9.17, 15) is 4.79 Å². The number of hydrogen-bond donors (Lipinski definition) is 2. The molecule has 0 saturated heterocycles. The van der Waals surface area contributed by atoms with Gasteiger partial charge in [-0.2, -0.15) is 0 Å². The van der Waals surface area contributed by atoms with Gasteiger partial charge in [0.25, 0.3) is 0 Å². The third-order valence-corrected chi connectivity index (χ3v) is 4.59. The average molecular weight is 366 g/mol. The fourth-order valence-corrected chi connectivity index (χ4v) is 2.82. The quantitative estimate of drug-likeness (QED) is 0.369. The van der Waals surface area contributed by atoms with Crippen LogP contribution in [0.5, 0.6) is 0 Å². The van der Waals surface area contributed by atoms with Gasteiger partial charge in [0.15, 0.2) is 0 Å². The van der Waals surface area contributed by atoms with Crippen molar-refractivity contribution in [3.63, 3.8) is 0 Å². The van der Waals surface area contributed by atoms with E-state index in [2.05, 4.69) is 26.3 Å². The molecule has 0 radical (unpaired) electrons. The lowest BCUT2D eigenvalue weighted by Crippen LogP contribution is -2.33. The van der Waals surface area contributed by atoms with Gasteiger partial charge in [-0.05, 0) is 46.1 Å². The minimum absolute atomic E-state index is 0.184. The van der Waals surface area contributed by atoms with Crippen molar-refractivity contribution in [3.8, 4) is 0 Å². The monoisotopic (exact) mass is 365 g/mol. The molecule has 1 aromatic carbocycles. The van der Waals surface area contributed by atoms with Gasteiger partial charge < -0.3 is 0 Å². The first-order valence-electron chi connectivity index (χ1n) is 6.44. The third-order valence-electron chi connectivity index (χ3n) is 3.10. The van der Waals surface area contributed by atoms with Crippen LogP contribution in [0.15, 0.2) is 52.1 Å². The number of carbonyl (C=O) groups is 1. The Morgan fingerprint density at radius 3 is 2.62 bits per heavy atom. The van der Waals surface area contributed by atoms with Crippen LogP contribution in [0.25, 0.3) is 0 Å². The van der Waals surface area contributed by atoms with Gasteiger partial charge in [-0.15, -0.1) is 11.8 Å². The Morgan fingerprint density at radius 1 is 1.33 bits per heavy atom. The van der Waals surface area contributed by atoms with Crippen LogP contribution in [0.4, 0.5) is 0 Å². The molecule has 0 aliphatic rings. The largest absolute Gasteiger partial charge is 0.294 e. The summed E-state index contributed by atoms with van der Waals surface area (Å²) in [5.41, 5.74) is 4.31. The standard InChI is InChI=1S/C15H16BrN3OS/c1-10(15(20)19-17)12-4-2-11(3-5-12)9-21-14-7-6-13(16)8-18-14/h2-8,10H,9,17H2,1H3,(H,19,20). The second-order valence-corrected chi connectivity index (χ2v) is 6.49. The van der Waals surface area contributed by atoms with E-state index in [4.69, 9.17) is 5.84 Å². The van der Waals surface area contributed by atoms with Gasteiger partial charge in [-0.25, -0.2) is 10.8 Å². The van der Waals surface area contributed by atoms with Crippen molar-refractivity contribution < 1.29 is 4.79 Å². The van der Waals surface area contributed by atoms with Crippen LogP contribution in [0.3, 0.4) is 0 Å². The third kappa shape index (κ3) is 4.56. The highest BCUT2D eigenvalue weighted by Crippen LogP contribution is 2.23. The average Bonchev–Trinajstić information content (AvgIpc) is 2.53. The Kier molecular flexibility index (Phi) is 5.78. The molecule has 1 unspecified atom stereocenters. The van der Waals surface area contributed by atoms with Crippen molar-refractivity contribution in [2.24, 2.45) is 5.84 Å². The van der Waals surface area contributed by atoms with Crippen LogP contribution in [-0.4, -0.2) is 10.9 Å². The fourth-order valence-electron chi connectivity index (χ4n) is 1.78. The number of aromatic nitrogens is 1. The maximum Gasteiger partial charge on any atom is 0.241 e. The molecule has 6 heteroatoms. The molecule has 0 aliphatic carbocycles. The van der Waals surface area contributed by atoms with E-state index in [0.29, 0.717) is 0 Å². The van der Waals surface area contributed by atoms with Crippen LogP contribution in [-0.2, 0) is 10.5 Å². The van der Waals surface area contributed by atoms with E-state index in [1.807, 2.05) is 43.3 Å². The van der Waals surface area contributed by atoms with E-state index in [0.717, 1.165) is 20.8 Å². The number of thioether (sulfide) groups is 1. The normalized spacial score (nSPS) is 12.0. The highest BCUT2D eigenvalue weighted by molar-refractivity contribution is 9.10. The maximum absolute atomic E-state index is 11.5. The van der Waals surface area contributed by atoms with Crippen molar-refractivity contribution in [1.82, 2.24) is 10.4 Å². The van der Waals surface area contributed by atoms with Gasteiger partial charge in [0, 0.05) is 16.4 Å². The molecule has 1 heterocycles. The molecule has 110 valence electrons. The fraction of sp³-hybridized carbons (Fsp3) is 0.200.